The number of guanidine groups is 1. The highest BCUT2D eigenvalue weighted by atomic mass is 16.4. The number of aliphatic carboxylic acids is 1. The van der Waals surface area contributed by atoms with Crippen molar-refractivity contribution in [2.75, 3.05) is 6.54 Å². The maximum absolute atomic E-state index is 12.6. The molecule has 0 aliphatic heterocycles. The van der Waals surface area contributed by atoms with Gasteiger partial charge in [-0.25, -0.2) is 4.79 Å². The number of nitrogens with zero attached hydrogens (tertiary/aromatic N) is 1. The summed E-state index contributed by atoms with van der Waals surface area (Å²) in [5.41, 5.74) is 20.8. The minimum Gasteiger partial charge on any atom is -0.480 e. The topological polar surface area (TPSA) is 299 Å². The Morgan fingerprint density at radius 1 is 0.853 bits per heavy atom. The quantitative estimate of drug-likeness (QED) is 0.0586. The first-order chi connectivity index (χ1) is 15.7. The fourth-order valence-corrected chi connectivity index (χ4v) is 2.65. The van der Waals surface area contributed by atoms with Gasteiger partial charge in [0, 0.05) is 6.54 Å². The number of primary amides is 1. The van der Waals surface area contributed by atoms with Gasteiger partial charge in [0.1, 0.15) is 18.1 Å². The van der Waals surface area contributed by atoms with Gasteiger partial charge in [-0.05, 0) is 26.7 Å². The summed E-state index contributed by atoms with van der Waals surface area (Å²) in [5.74, 6) is -5.48. The van der Waals surface area contributed by atoms with Gasteiger partial charge in [-0.2, -0.15) is 0 Å². The molecule has 0 aromatic rings. The Labute approximate surface area is 195 Å². The third-order valence-electron chi connectivity index (χ3n) is 4.44. The number of carboxylic acid groups (broad SMARTS) is 1. The largest absolute Gasteiger partial charge is 0.480 e. The molecule has 34 heavy (non-hydrogen) atoms. The van der Waals surface area contributed by atoms with Crippen molar-refractivity contribution < 1.29 is 39.3 Å². The Hall–Kier alpha value is -3.50. The molecule has 0 rings (SSSR count). The Morgan fingerprint density at radius 3 is 1.74 bits per heavy atom. The van der Waals surface area contributed by atoms with E-state index in [1.165, 1.54) is 6.92 Å². The summed E-state index contributed by atoms with van der Waals surface area (Å²) in [6, 6.07) is -6.02. The van der Waals surface area contributed by atoms with Gasteiger partial charge in [0.2, 0.25) is 23.6 Å². The van der Waals surface area contributed by atoms with Crippen molar-refractivity contribution in [3.8, 4) is 0 Å². The molecule has 14 N–H and O–H groups in total. The molecule has 194 valence electrons. The average molecular weight is 491 g/mol. The minimum atomic E-state index is -1.63. The first-order valence-electron chi connectivity index (χ1n) is 10.3. The Kier molecular flexibility index (Phi) is 13.1. The van der Waals surface area contributed by atoms with Crippen molar-refractivity contribution in [3.05, 3.63) is 0 Å². The van der Waals surface area contributed by atoms with Gasteiger partial charge in [0.15, 0.2) is 5.96 Å². The van der Waals surface area contributed by atoms with E-state index in [0.717, 1.165) is 6.92 Å². The summed E-state index contributed by atoms with van der Waals surface area (Å²) in [6.07, 6.45) is -3.31. The lowest BCUT2D eigenvalue weighted by molar-refractivity contribution is -0.143. The molecular weight excluding hydrogens is 456 g/mol. The fraction of sp³-hybridized carbons (Fsp3) is 0.667. The number of nitrogens with two attached hydrogens (primary N) is 4. The predicted octanol–water partition coefficient (Wildman–Crippen LogP) is -5.46. The van der Waals surface area contributed by atoms with E-state index >= 15 is 0 Å². The van der Waals surface area contributed by atoms with Gasteiger partial charge >= 0.3 is 5.97 Å². The van der Waals surface area contributed by atoms with Gasteiger partial charge in [-0.1, -0.05) is 0 Å². The van der Waals surface area contributed by atoms with Crippen LogP contribution in [-0.2, 0) is 24.0 Å². The summed E-state index contributed by atoms with van der Waals surface area (Å²) < 4.78 is 0. The monoisotopic (exact) mass is 490 g/mol. The first kappa shape index (κ1) is 30.5. The lowest BCUT2D eigenvalue weighted by atomic mass is 10.1. The lowest BCUT2D eigenvalue weighted by Gasteiger charge is -2.27. The van der Waals surface area contributed by atoms with E-state index in [1.807, 2.05) is 0 Å². The summed E-state index contributed by atoms with van der Waals surface area (Å²) in [6.45, 7) is 2.45. The van der Waals surface area contributed by atoms with Gasteiger partial charge in [-0.3, -0.25) is 24.2 Å². The Balaban J connectivity index is 5.31. The van der Waals surface area contributed by atoms with Crippen molar-refractivity contribution in [2.24, 2.45) is 27.9 Å². The van der Waals surface area contributed by atoms with Crippen LogP contribution in [0.25, 0.3) is 0 Å². The molecule has 6 atom stereocenters. The van der Waals surface area contributed by atoms with Crippen LogP contribution in [0.5, 0.6) is 0 Å². The fourth-order valence-electron chi connectivity index (χ4n) is 2.65. The average Bonchev–Trinajstić information content (AvgIpc) is 2.70. The molecule has 0 radical (unpaired) electrons. The molecule has 0 aliphatic carbocycles. The molecule has 0 aromatic carbocycles. The van der Waals surface area contributed by atoms with Crippen molar-refractivity contribution >= 4 is 35.6 Å². The van der Waals surface area contributed by atoms with Crippen molar-refractivity contribution in [2.45, 2.75) is 69.5 Å². The van der Waals surface area contributed by atoms with Gasteiger partial charge in [-0.15, -0.1) is 0 Å². The Morgan fingerprint density at radius 2 is 1.32 bits per heavy atom. The molecule has 0 heterocycles. The van der Waals surface area contributed by atoms with Crippen LogP contribution in [0.3, 0.4) is 0 Å². The van der Waals surface area contributed by atoms with Crippen LogP contribution < -0.4 is 38.9 Å². The Bertz CT molecular complexity index is 769. The zero-order valence-electron chi connectivity index (χ0n) is 18.9. The molecule has 0 saturated heterocycles. The van der Waals surface area contributed by atoms with Crippen LogP contribution in [0, 0.1) is 0 Å². The van der Waals surface area contributed by atoms with Crippen LogP contribution in [0.15, 0.2) is 4.99 Å². The maximum atomic E-state index is 12.6. The highest BCUT2D eigenvalue weighted by Crippen LogP contribution is 2.03. The second-order valence-corrected chi connectivity index (χ2v) is 7.58. The standard InChI is InChI=1S/C18H34N8O8/c1-7(27)12(15(31)24-10(17(33)34)4-3-5-23-18(21)22)26-16(32)13(8(2)28)25-14(30)9(19)6-11(20)29/h7-10,12-13,27-28H,3-6,19H2,1-2H3,(H2,20,29)(H,24,31)(H,25,30)(H,26,32)(H,33,34)(H4,21,22,23). The third-order valence-corrected chi connectivity index (χ3v) is 4.44. The van der Waals surface area contributed by atoms with Crippen LogP contribution in [-0.4, -0.2) is 93.8 Å². The number of aliphatic hydroxyl groups excluding tert-OH is 2. The second kappa shape index (κ2) is 14.6. The normalized spacial score (nSPS) is 16.0. The number of aliphatic imine (C=N–C) groups is 1. The molecule has 0 aliphatic rings. The molecule has 0 spiro atoms. The van der Waals surface area contributed by atoms with Gasteiger partial charge in [0.25, 0.3) is 0 Å². The van der Waals surface area contributed by atoms with E-state index in [-0.39, 0.29) is 25.3 Å². The summed E-state index contributed by atoms with van der Waals surface area (Å²) in [5, 5.41) is 35.7. The van der Waals surface area contributed by atoms with E-state index in [4.69, 9.17) is 22.9 Å². The molecule has 0 bridgehead atoms. The molecule has 0 aromatic heterocycles. The number of carbonyl (C=O) groups is 5. The van der Waals surface area contributed by atoms with Crippen LogP contribution >= 0.6 is 0 Å². The molecule has 6 unspecified atom stereocenters. The highest BCUT2D eigenvalue weighted by molar-refractivity contribution is 5.95. The molecule has 16 nitrogen and oxygen atoms in total. The SMILES string of the molecule is CC(O)C(NC(=O)C(N)CC(N)=O)C(=O)NC(C(=O)NC(CCCN=C(N)N)C(=O)O)C(C)O. The first-order valence-corrected chi connectivity index (χ1v) is 10.3. The minimum absolute atomic E-state index is 0.0531. The summed E-state index contributed by atoms with van der Waals surface area (Å²) >= 11 is 0. The molecule has 4 amide bonds. The lowest BCUT2D eigenvalue weighted by Crippen LogP contribution is -2.62. The third kappa shape index (κ3) is 11.4. The van der Waals surface area contributed by atoms with Gasteiger partial charge in [0.05, 0.1) is 24.7 Å². The molecule has 0 saturated carbocycles. The number of carbonyl (C=O) groups excluding carboxylic acids is 4. The van der Waals surface area contributed by atoms with E-state index in [0.29, 0.717) is 0 Å². The zero-order valence-corrected chi connectivity index (χ0v) is 18.9. The van der Waals surface area contributed by atoms with E-state index in [2.05, 4.69) is 20.9 Å². The zero-order chi connectivity index (χ0) is 26.6. The van der Waals surface area contributed by atoms with Crippen LogP contribution in [0.4, 0.5) is 0 Å². The summed E-state index contributed by atoms with van der Waals surface area (Å²) in [7, 11) is 0. The number of rotatable bonds is 15. The number of hydrogen-bond donors (Lipinski definition) is 10. The molecule has 16 heteroatoms. The molecule has 0 fully saturated rings. The number of nitrogens with one attached hydrogen (secondary N) is 3. The van der Waals surface area contributed by atoms with E-state index < -0.39 is 72.4 Å². The van der Waals surface area contributed by atoms with Crippen LogP contribution in [0.1, 0.15) is 33.1 Å². The summed E-state index contributed by atoms with van der Waals surface area (Å²) in [4.78, 5) is 63.4. The van der Waals surface area contributed by atoms with Crippen molar-refractivity contribution in [1.29, 1.82) is 0 Å². The number of amides is 4. The number of hydrogen-bond acceptors (Lipinski definition) is 9. The van der Waals surface area contributed by atoms with Crippen LogP contribution in [0.2, 0.25) is 0 Å². The van der Waals surface area contributed by atoms with Gasteiger partial charge < -0.3 is 54.2 Å². The number of carboxylic acids is 1. The second-order valence-electron chi connectivity index (χ2n) is 7.58. The smallest absolute Gasteiger partial charge is 0.326 e. The van der Waals surface area contributed by atoms with Crippen molar-refractivity contribution in [1.82, 2.24) is 16.0 Å². The predicted molar refractivity (Wildman–Crippen MR) is 118 cm³/mol. The highest BCUT2D eigenvalue weighted by Gasteiger charge is 2.34. The maximum Gasteiger partial charge on any atom is 0.326 e. The number of aliphatic hydroxyl groups is 2. The molecular formula is C18H34N8O8. The van der Waals surface area contributed by atoms with E-state index in [9.17, 15) is 39.3 Å². The van der Waals surface area contributed by atoms with Crippen molar-refractivity contribution in [3.63, 3.8) is 0 Å². The van der Waals surface area contributed by atoms with E-state index in [1.54, 1.807) is 0 Å².